The lowest BCUT2D eigenvalue weighted by atomic mass is 9.97. The van der Waals surface area contributed by atoms with Gasteiger partial charge < -0.3 is 9.64 Å². The van der Waals surface area contributed by atoms with Crippen molar-refractivity contribution in [3.05, 3.63) is 34.2 Å². The van der Waals surface area contributed by atoms with Gasteiger partial charge in [-0.05, 0) is 50.3 Å². The van der Waals surface area contributed by atoms with Crippen LogP contribution in [0.5, 0.6) is 0 Å². The van der Waals surface area contributed by atoms with Crippen molar-refractivity contribution in [3.8, 4) is 11.3 Å². The van der Waals surface area contributed by atoms with Crippen molar-refractivity contribution in [2.45, 2.75) is 45.8 Å². The number of hydrogen-bond donors (Lipinski definition) is 0. The van der Waals surface area contributed by atoms with Crippen LogP contribution < -0.4 is 4.90 Å². The Labute approximate surface area is 135 Å². The molecule has 0 aliphatic carbocycles. The molecule has 2 aromatic rings. The van der Waals surface area contributed by atoms with Gasteiger partial charge in [0.1, 0.15) is 0 Å². The molecule has 0 saturated carbocycles. The molecular weight excluding hydrogens is 292 g/mol. The van der Waals surface area contributed by atoms with Gasteiger partial charge in [0, 0.05) is 24.0 Å². The summed E-state index contributed by atoms with van der Waals surface area (Å²) in [6.45, 7) is 8.56. The highest BCUT2D eigenvalue weighted by Gasteiger charge is 2.34. The molecule has 0 radical (unpaired) electrons. The van der Waals surface area contributed by atoms with Crippen LogP contribution in [0.4, 0.5) is 5.13 Å². The molecule has 1 aromatic heterocycles. The van der Waals surface area contributed by atoms with E-state index in [1.165, 1.54) is 35.1 Å². The van der Waals surface area contributed by atoms with Gasteiger partial charge in [0.15, 0.2) is 5.13 Å². The fourth-order valence-electron chi connectivity index (χ4n) is 3.54. The zero-order valence-corrected chi connectivity index (χ0v) is 14.2. The molecule has 0 spiro atoms. The van der Waals surface area contributed by atoms with Crippen LogP contribution >= 0.6 is 11.3 Å². The molecule has 2 bridgehead atoms. The van der Waals surface area contributed by atoms with Crippen molar-refractivity contribution in [1.82, 2.24) is 4.98 Å². The summed E-state index contributed by atoms with van der Waals surface area (Å²) >= 11 is 1.76. The van der Waals surface area contributed by atoms with Crippen LogP contribution in [0.1, 0.15) is 29.5 Å². The predicted molar refractivity (Wildman–Crippen MR) is 91.9 cm³/mol. The number of rotatable bonds is 2. The highest BCUT2D eigenvalue weighted by atomic mass is 32.1. The van der Waals surface area contributed by atoms with E-state index in [1.54, 1.807) is 11.3 Å². The highest BCUT2D eigenvalue weighted by molar-refractivity contribution is 7.14. The SMILES string of the molecule is Cc1ccc(-c2csc(N3CC4CC[C@H](C3)O4)n2)c(C)c1C. The molecule has 2 fully saturated rings. The van der Waals surface area contributed by atoms with E-state index < -0.39 is 0 Å². The summed E-state index contributed by atoms with van der Waals surface area (Å²) in [5, 5.41) is 3.34. The molecule has 2 saturated heterocycles. The van der Waals surface area contributed by atoms with Crippen molar-refractivity contribution in [3.63, 3.8) is 0 Å². The van der Waals surface area contributed by atoms with E-state index in [1.807, 2.05) is 0 Å². The normalized spacial score (nSPS) is 24.0. The van der Waals surface area contributed by atoms with Crippen LogP contribution in [0, 0.1) is 20.8 Å². The van der Waals surface area contributed by atoms with Crippen molar-refractivity contribution < 1.29 is 4.74 Å². The van der Waals surface area contributed by atoms with E-state index in [2.05, 4.69) is 43.2 Å². The van der Waals surface area contributed by atoms with Crippen LogP contribution in [-0.4, -0.2) is 30.3 Å². The Hall–Kier alpha value is -1.39. The number of ether oxygens (including phenoxy) is 1. The third-order valence-electron chi connectivity index (χ3n) is 5.14. The van der Waals surface area contributed by atoms with E-state index in [0.29, 0.717) is 12.2 Å². The fraction of sp³-hybridized carbons (Fsp3) is 0.500. The number of fused-ring (bicyclic) bond motifs is 2. The van der Waals surface area contributed by atoms with Gasteiger partial charge in [-0.3, -0.25) is 0 Å². The van der Waals surface area contributed by atoms with Gasteiger partial charge in [0.2, 0.25) is 0 Å². The van der Waals surface area contributed by atoms with E-state index >= 15 is 0 Å². The number of aromatic nitrogens is 1. The van der Waals surface area contributed by atoms with Crippen LogP contribution in [0.2, 0.25) is 0 Å². The molecule has 2 aliphatic heterocycles. The van der Waals surface area contributed by atoms with Gasteiger partial charge in [-0.2, -0.15) is 0 Å². The van der Waals surface area contributed by atoms with E-state index in [-0.39, 0.29) is 0 Å². The summed E-state index contributed by atoms with van der Waals surface area (Å²) in [6, 6.07) is 4.41. The second-order valence-electron chi connectivity index (χ2n) is 6.56. The average molecular weight is 314 g/mol. The first-order valence-electron chi connectivity index (χ1n) is 8.05. The summed E-state index contributed by atoms with van der Waals surface area (Å²) in [6.07, 6.45) is 3.23. The molecule has 4 rings (SSSR count). The topological polar surface area (TPSA) is 25.4 Å². The Bertz CT molecular complexity index is 697. The maximum absolute atomic E-state index is 5.92. The minimum atomic E-state index is 0.412. The average Bonchev–Trinajstić information content (AvgIpc) is 3.12. The highest BCUT2D eigenvalue weighted by Crippen LogP contribution is 2.34. The first kappa shape index (κ1) is 14.2. The Kier molecular flexibility index (Phi) is 3.46. The molecule has 1 aromatic carbocycles. The van der Waals surface area contributed by atoms with Gasteiger partial charge >= 0.3 is 0 Å². The smallest absolute Gasteiger partial charge is 0.186 e. The van der Waals surface area contributed by atoms with Crippen LogP contribution in [0.3, 0.4) is 0 Å². The molecule has 4 heteroatoms. The zero-order chi connectivity index (χ0) is 15.3. The van der Waals surface area contributed by atoms with Gasteiger partial charge in [0.05, 0.1) is 17.9 Å². The number of morpholine rings is 1. The van der Waals surface area contributed by atoms with Crippen LogP contribution in [0.25, 0.3) is 11.3 Å². The fourth-order valence-corrected chi connectivity index (χ4v) is 4.38. The molecule has 116 valence electrons. The molecule has 2 atom stereocenters. The number of thiazole rings is 1. The van der Waals surface area contributed by atoms with Crippen LogP contribution in [0.15, 0.2) is 17.5 Å². The third-order valence-corrected chi connectivity index (χ3v) is 6.04. The Morgan fingerprint density at radius 2 is 1.82 bits per heavy atom. The Balaban J connectivity index is 1.63. The molecule has 3 nitrogen and oxygen atoms in total. The van der Waals surface area contributed by atoms with Crippen molar-refractivity contribution >= 4 is 16.5 Å². The Morgan fingerprint density at radius 3 is 2.55 bits per heavy atom. The molecular formula is C18H22N2OS. The monoisotopic (exact) mass is 314 g/mol. The van der Waals surface area contributed by atoms with Gasteiger partial charge in [-0.15, -0.1) is 11.3 Å². The lowest BCUT2D eigenvalue weighted by molar-refractivity contribution is 0.0305. The summed E-state index contributed by atoms with van der Waals surface area (Å²) in [5.41, 5.74) is 6.44. The minimum absolute atomic E-state index is 0.412. The first-order chi connectivity index (χ1) is 10.6. The van der Waals surface area contributed by atoms with E-state index in [9.17, 15) is 0 Å². The quantitative estimate of drug-likeness (QED) is 0.834. The summed E-state index contributed by atoms with van der Waals surface area (Å²) < 4.78 is 5.92. The number of hydrogen-bond acceptors (Lipinski definition) is 4. The maximum atomic E-state index is 5.92. The number of benzene rings is 1. The molecule has 22 heavy (non-hydrogen) atoms. The second-order valence-corrected chi connectivity index (χ2v) is 7.39. The van der Waals surface area contributed by atoms with E-state index in [4.69, 9.17) is 9.72 Å². The lowest BCUT2D eigenvalue weighted by Gasteiger charge is -2.31. The van der Waals surface area contributed by atoms with Gasteiger partial charge in [-0.25, -0.2) is 4.98 Å². The van der Waals surface area contributed by atoms with E-state index in [0.717, 1.165) is 23.9 Å². The summed E-state index contributed by atoms with van der Waals surface area (Å²) in [7, 11) is 0. The molecule has 0 amide bonds. The van der Waals surface area contributed by atoms with Crippen molar-refractivity contribution in [1.29, 1.82) is 0 Å². The van der Waals surface area contributed by atoms with Crippen molar-refractivity contribution in [2.75, 3.05) is 18.0 Å². The number of anilines is 1. The number of nitrogens with zero attached hydrogens (tertiary/aromatic N) is 2. The maximum Gasteiger partial charge on any atom is 0.186 e. The van der Waals surface area contributed by atoms with Gasteiger partial charge in [-0.1, -0.05) is 12.1 Å². The summed E-state index contributed by atoms with van der Waals surface area (Å²) in [4.78, 5) is 7.33. The third kappa shape index (κ3) is 2.34. The predicted octanol–water partition coefficient (Wildman–Crippen LogP) is 4.10. The second kappa shape index (κ2) is 5.36. The van der Waals surface area contributed by atoms with Crippen molar-refractivity contribution in [2.24, 2.45) is 0 Å². The lowest BCUT2D eigenvalue weighted by Crippen LogP contribution is -2.42. The largest absolute Gasteiger partial charge is 0.371 e. The summed E-state index contributed by atoms with van der Waals surface area (Å²) in [5.74, 6) is 0. The molecule has 2 aliphatic rings. The Morgan fingerprint density at radius 1 is 1.09 bits per heavy atom. The molecule has 3 heterocycles. The zero-order valence-electron chi connectivity index (χ0n) is 13.4. The standard InChI is InChI=1S/C18H22N2OS/c1-11-4-7-16(13(3)12(11)2)17-10-22-18(19-17)20-8-14-5-6-15(9-20)21-14/h4,7,10,14-15H,5-6,8-9H2,1-3H3/t14-,15?/m1/s1. The van der Waals surface area contributed by atoms with Gasteiger partial charge in [0.25, 0.3) is 0 Å². The number of aryl methyl sites for hydroxylation is 1. The molecule has 1 unspecified atom stereocenters. The minimum Gasteiger partial charge on any atom is -0.371 e. The molecule has 0 N–H and O–H groups in total. The first-order valence-corrected chi connectivity index (χ1v) is 8.93. The van der Waals surface area contributed by atoms with Crippen LogP contribution in [-0.2, 0) is 4.74 Å².